The molecule has 1 atom stereocenters. The summed E-state index contributed by atoms with van der Waals surface area (Å²) in [5.74, 6) is -1.69. The number of rotatable bonds is 6. The van der Waals surface area contributed by atoms with Gasteiger partial charge < -0.3 is 9.84 Å². The summed E-state index contributed by atoms with van der Waals surface area (Å²) in [4.78, 5) is 21.2. The van der Waals surface area contributed by atoms with Crippen LogP contribution in [0.5, 0.6) is 0 Å². The number of carbonyl (C=O) groups excluding carboxylic acids is 1. The van der Waals surface area contributed by atoms with Gasteiger partial charge in [0.2, 0.25) is 0 Å². The predicted octanol–water partition coefficient (Wildman–Crippen LogP) is 1.38. The number of esters is 1. The molecule has 0 aliphatic rings. The van der Waals surface area contributed by atoms with Crippen molar-refractivity contribution in [3.05, 3.63) is 24.8 Å². The van der Waals surface area contributed by atoms with E-state index in [1.807, 2.05) is 0 Å². The Bertz CT molecular complexity index is 243. The van der Waals surface area contributed by atoms with Gasteiger partial charge in [-0.1, -0.05) is 25.7 Å². The topological polar surface area (TPSA) is 63.6 Å². The summed E-state index contributed by atoms with van der Waals surface area (Å²) in [6.45, 7) is 5.27. The van der Waals surface area contributed by atoms with Crippen molar-refractivity contribution >= 4 is 11.9 Å². The van der Waals surface area contributed by atoms with Crippen molar-refractivity contribution < 1.29 is 19.4 Å². The van der Waals surface area contributed by atoms with Gasteiger partial charge in [-0.05, 0) is 6.42 Å². The molecule has 0 aliphatic heterocycles. The van der Waals surface area contributed by atoms with Crippen molar-refractivity contribution in [3.8, 4) is 0 Å². The van der Waals surface area contributed by atoms with E-state index in [4.69, 9.17) is 9.84 Å². The van der Waals surface area contributed by atoms with Gasteiger partial charge in [0.25, 0.3) is 0 Å². The van der Waals surface area contributed by atoms with E-state index in [1.54, 1.807) is 6.92 Å². The predicted molar refractivity (Wildman–Crippen MR) is 51.7 cm³/mol. The van der Waals surface area contributed by atoms with Crippen molar-refractivity contribution in [3.63, 3.8) is 0 Å². The van der Waals surface area contributed by atoms with Crippen molar-refractivity contribution in [1.82, 2.24) is 0 Å². The van der Waals surface area contributed by atoms with Gasteiger partial charge >= 0.3 is 11.9 Å². The zero-order chi connectivity index (χ0) is 11.0. The molecule has 1 unspecified atom stereocenters. The first-order valence-electron chi connectivity index (χ1n) is 4.25. The van der Waals surface area contributed by atoms with Crippen LogP contribution < -0.4 is 0 Å². The highest BCUT2D eigenvalue weighted by atomic mass is 16.5. The lowest BCUT2D eigenvalue weighted by molar-refractivity contribution is -0.146. The number of hydrogen-bond donors (Lipinski definition) is 1. The number of carbonyl (C=O) groups is 2. The van der Waals surface area contributed by atoms with Crippen LogP contribution in [0.3, 0.4) is 0 Å². The Morgan fingerprint density at radius 3 is 2.71 bits per heavy atom. The monoisotopic (exact) mass is 198 g/mol. The lowest BCUT2D eigenvalue weighted by Gasteiger charge is -2.06. The summed E-state index contributed by atoms with van der Waals surface area (Å²) in [6, 6.07) is 0. The summed E-state index contributed by atoms with van der Waals surface area (Å²) in [7, 11) is 0. The minimum absolute atomic E-state index is 0.186. The molecule has 0 heterocycles. The first kappa shape index (κ1) is 12.4. The van der Waals surface area contributed by atoms with Gasteiger partial charge in [0.15, 0.2) is 0 Å². The van der Waals surface area contributed by atoms with Crippen LogP contribution in [0.2, 0.25) is 0 Å². The number of carboxylic acid groups (broad SMARTS) is 1. The third-order valence-electron chi connectivity index (χ3n) is 1.50. The van der Waals surface area contributed by atoms with Gasteiger partial charge in [0, 0.05) is 6.08 Å². The molecule has 0 aromatic rings. The maximum absolute atomic E-state index is 11.1. The van der Waals surface area contributed by atoms with Gasteiger partial charge in [0.05, 0.1) is 5.92 Å². The highest BCUT2D eigenvalue weighted by Crippen LogP contribution is 2.05. The Hall–Kier alpha value is -1.58. The molecule has 0 saturated carbocycles. The molecular formula is C10H14O4. The fraction of sp³-hybridized carbons (Fsp3) is 0.400. The first-order valence-corrected chi connectivity index (χ1v) is 4.25. The van der Waals surface area contributed by atoms with E-state index in [0.29, 0.717) is 6.42 Å². The second-order valence-electron chi connectivity index (χ2n) is 2.80. The second-order valence-corrected chi connectivity index (χ2v) is 2.80. The van der Waals surface area contributed by atoms with E-state index in [0.717, 1.165) is 6.08 Å². The highest BCUT2D eigenvalue weighted by Gasteiger charge is 2.11. The molecule has 78 valence electrons. The van der Waals surface area contributed by atoms with Gasteiger partial charge in [-0.2, -0.15) is 0 Å². The molecule has 0 radical (unpaired) electrons. The van der Waals surface area contributed by atoms with Crippen molar-refractivity contribution in [2.24, 2.45) is 5.92 Å². The zero-order valence-corrected chi connectivity index (χ0v) is 8.10. The average molecular weight is 198 g/mol. The summed E-state index contributed by atoms with van der Waals surface area (Å²) >= 11 is 0. The van der Waals surface area contributed by atoms with Crippen molar-refractivity contribution in [2.45, 2.75) is 13.3 Å². The Balaban J connectivity index is 3.83. The maximum Gasteiger partial charge on any atom is 0.327 e. The summed E-state index contributed by atoms with van der Waals surface area (Å²) in [6.07, 6.45) is 4.29. The third kappa shape index (κ3) is 5.99. The van der Waals surface area contributed by atoms with Crippen LogP contribution in [0.15, 0.2) is 24.8 Å². The molecule has 0 saturated heterocycles. The van der Waals surface area contributed by atoms with Gasteiger partial charge in [0.1, 0.15) is 6.61 Å². The Morgan fingerprint density at radius 1 is 1.57 bits per heavy atom. The average Bonchev–Trinajstić information content (AvgIpc) is 2.13. The molecule has 14 heavy (non-hydrogen) atoms. The first-order chi connectivity index (χ1) is 6.57. The van der Waals surface area contributed by atoms with Crippen LogP contribution in [0, 0.1) is 5.92 Å². The van der Waals surface area contributed by atoms with Crippen LogP contribution in [-0.2, 0) is 14.3 Å². The number of hydrogen-bond acceptors (Lipinski definition) is 3. The standard InChI is InChI=1S/C10H14O4/c1-3-7-14-10(13)8(2)5-4-6-9(11)12/h3-4,6,8H,1,5,7H2,2H3,(H,11,12)/b6-4+. The molecule has 0 rings (SSSR count). The zero-order valence-electron chi connectivity index (χ0n) is 8.10. The molecule has 0 fully saturated rings. The molecule has 0 aromatic heterocycles. The number of ether oxygens (including phenoxy) is 1. The molecule has 1 N–H and O–H groups in total. The van der Waals surface area contributed by atoms with Crippen molar-refractivity contribution in [1.29, 1.82) is 0 Å². The van der Waals surface area contributed by atoms with Gasteiger partial charge in [-0.3, -0.25) is 4.79 Å². The number of aliphatic carboxylic acids is 1. The van der Waals surface area contributed by atoms with E-state index < -0.39 is 5.97 Å². The van der Waals surface area contributed by atoms with Crippen LogP contribution in [-0.4, -0.2) is 23.7 Å². The molecule has 0 bridgehead atoms. The van der Waals surface area contributed by atoms with Crippen molar-refractivity contribution in [2.75, 3.05) is 6.61 Å². The van der Waals surface area contributed by atoms with E-state index >= 15 is 0 Å². The molecule has 0 amide bonds. The molecule has 4 nitrogen and oxygen atoms in total. The van der Waals surface area contributed by atoms with Crippen LogP contribution >= 0.6 is 0 Å². The Labute approximate surface area is 82.9 Å². The van der Waals surface area contributed by atoms with E-state index in [-0.39, 0.29) is 18.5 Å². The number of allylic oxidation sites excluding steroid dienone is 1. The summed E-state index contributed by atoms with van der Waals surface area (Å²) < 4.78 is 4.77. The Kier molecular flexibility index (Phi) is 6.11. The third-order valence-corrected chi connectivity index (χ3v) is 1.50. The fourth-order valence-electron chi connectivity index (χ4n) is 0.753. The quantitative estimate of drug-likeness (QED) is 0.398. The number of carboxylic acids is 1. The fourth-order valence-corrected chi connectivity index (χ4v) is 0.753. The molecule has 0 aliphatic carbocycles. The highest BCUT2D eigenvalue weighted by molar-refractivity contribution is 5.80. The van der Waals surface area contributed by atoms with E-state index in [2.05, 4.69) is 6.58 Å². The second kappa shape index (κ2) is 6.88. The summed E-state index contributed by atoms with van der Waals surface area (Å²) in [5, 5.41) is 8.29. The van der Waals surface area contributed by atoms with E-state index in [1.165, 1.54) is 12.2 Å². The lowest BCUT2D eigenvalue weighted by Crippen LogP contribution is -2.14. The molecule has 4 heteroatoms. The normalized spacial score (nSPS) is 12.4. The minimum Gasteiger partial charge on any atom is -0.478 e. The maximum atomic E-state index is 11.1. The van der Waals surface area contributed by atoms with Crippen LogP contribution in [0.1, 0.15) is 13.3 Å². The Morgan fingerprint density at radius 2 is 2.21 bits per heavy atom. The van der Waals surface area contributed by atoms with Crippen LogP contribution in [0.25, 0.3) is 0 Å². The summed E-state index contributed by atoms with van der Waals surface area (Å²) in [5.41, 5.74) is 0. The van der Waals surface area contributed by atoms with Gasteiger partial charge in [-0.15, -0.1) is 0 Å². The molecule has 0 spiro atoms. The SMILES string of the molecule is C=CCOC(=O)C(C)C/C=C/C(=O)O. The van der Waals surface area contributed by atoms with E-state index in [9.17, 15) is 9.59 Å². The molecular weight excluding hydrogens is 184 g/mol. The molecule has 0 aromatic carbocycles. The smallest absolute Gasteiger partial charge is 0.327 e. The lowest BCUT2D eigenvalue weighted by atomic mass is 10.1. The largest absolute Gasteiger partial charge is 0.478 e. The van der Waals surface area contributed by atoms with Gasteiger partial charge in [-0.25, -0.2) is 4.79 Å². The minimum atomic E-state index is -1.02. The van der Waals surface area contributed by atoms with Crippen LogP contribution in [0.4, 0.5) is 0 Å².